The first kappa shape index (κ1) is 18.4. The molecule has 1 N–H and O–H groups in total. The lowest BCUT2D eigenvalue weighted by Crippen LogP contribution is -2.04. The van der Waals surface area contributed by atoms with E-state index < -0.39 is 6.17 Å². The molecule has 0 aromatic rings. The maximum Gasteiger partial charge on any atom is 0.305 e. The summed E-state index contributed by atoms with van der Waals surface area (Å²) in [6, 6.07) is 0. The number of ether oxygens (including phenoxy) is 1. The first-order valence-electron chi connectivity index (χ1n) is 7.52. The molecule has 0 aliphatic rings. The fourth-order valence-electron chi connectivity index (χ4n) is 2.07. The average Bonchev–Trinajstić information content (AvgIpc) is 2.43. The molecule has 0 saturated carbocycles. The lowest BCUT2D eigenvalue weighted by Gasteiger charge is -2.04. The van der Waals surface area contributed by atoms with E-state index >= 15 is 0 Å². The van der Waals surface area contributed by atoms with Crippen LogP contribution in [0.3, 0.4) is 0 Å². The van der Waals surface area contributed by atoms with E-state index in [4.69, 9.17) is 5.11 Å². The van der Waals surface area contributed by atoms with E-state index in [1.165, 1.54) is 32.8 Å². The topological polar surface area (TPSA) is 46.5 Å². The third-order valence-electron chi connectivity index (χ3n) is 3.32. The third kappa shape index (κ3) is 13.6. The molecule has 3 nitrogen and oxygen atoms in total. The monoisotopic (exact) mass is 276 g/mol. The first-order chi connectivity index (χ1) is 9.20. The third-order valence-corrected chi connectivity index (χ3v) is 3.32. The Bertz CT molecular complexity index is 210. The summed E-state index contributed by atoms with van der Waals surface area (Å²) < 4.78 is 17.3. The molecule has 0 heterocycles. The van der Waals surface area contributed by atoms with Crippen molar-refractivity contribution in [3.8, 4) is 0 Å². The van der Waals surface area contributed by atoms with Crippen LogP contribution in [-0.4, -0.2) is 31.0 Å². The first-order valence-corrected chi connectivity index (χ1v) is 7.52. The molecule has 0 fully saturated rings. The van der Waals surface area contributed by atoms with Gasteiger partial charge in [-0.05, 0) is 12.8 Å². The Balaban J connectivity index is 3.05. The van der Waals surface area contributed by atoms with Crippen LogP contribution in [0.2, 0.25) is 0 Å². The smallest absolute Gasteiger partial charge is 0.305 e. The van der Waals surface area contributed by atoms with E-state index in [-0.39, 0.29) is 12.6 Å². The van der Waals surface area contributed by atoms with Gasteiger partial charge in [0.25, 0.3) is 0 Å². The van der Waals surface area contributed by atoms with Gasteiger partial charge in [0, 0.05) is 6.42 Å². The lowest BCUT2D eigenvalue weighted by atomic mass is 10.0. The minimum absolute atomic E-state index is 0.117. The summed E-state index contributed by atoms with van der Waals surface area (Å²) in [7, 11) is 1.42. The molecule has 0 bridgehead atoms. The van der Waals surface area contributed by atoms with Crippen LogP contribution in [0, 0.1) is 0 Å². The zero-order valence-corrected chi connectivity index (χ0v) is 12.2. The number of aliphatic hydroxyl groups is 1. The molecule has 0 spiro atoms. The molecule has 0 aromatic carbocycles. The summed E-state index contributed by atoms with van der Waals surface area (Å²) in [5.41, 5.74) is 0. The van der Waals surface area contributed by atoms with Crippen molar-refractivity contribution in [2.75, 3.05) is 13.7 Å². The van der Waals surface area contributed by atoms with E-state index in [0.717, 1.165) is 32.1 Å². The number of carbonyl (C=O) groups excluding carboxylic acids is 1. The van der Waals surface area contributed by atoms with E-state index in [1.54, 1.807) is 0 Å². The highest BCUT2D eigenvalue weighted by Crippen LogP contribution is 2.12. The van der Waals surface area contributed by atoms with Gasteiger partial charge in [-0.1, -0.05) is 51.4 Å². The average molecular weight is 276 g/mol. The molecule has 0 aromatic heterocycles. The van der Waals surface area contributed by atoms with Crippen LogP contribution in [0.25, 0.3) is 0 Å². The summed E-state index contributed by atoms with van der Waals surface area (Å²) in [6.07, 6.45) is 9.90. The molecule has 0 rings (SSSR count). The highest BCUT2D eigenvalue weighted by atomic mass is 19.1. The Labute approximate surface area is 116 Å². The number of carbonyl (C=O) groups is 1. The van der Waals surface area contributed by atoms with E-state index in [0.29, 0.717) is 12.8 Å². The molecule has 1 atom stereocenters. The summed E-state index contributed by atoms with van der Waals surface area (Å²) in [5.74, 6) is -0.117. The zero-order valence-electron chi connectivity index (χ0n) is 12.2. The summed E-state index contributed by atoms with van der Waals surface area (Å²) in [4.78, 5) is 10.9. The fourth-order valence-corrected chi connectivity index (χ4v) is 2.07. The Kier molecular flexibility index (Phi) is 13.3. The minimum atomic E-state index is -1.03. The van der Waals surface area contributed by atoms with Crippen molar-refractivity contribution in [2.24, 2.45) is 0 Å². The van der Waals surface area contributed by atoms with E-state index in [9.17, 15) is 9.18 Å². The van der Waals surface area contributed by atoms with Crippen molar-refractivity contribution >= 4 is 5.97 Å². The zero-order chi connectivity index (χ0) is 14.3. The standard InChI is InChI=1S/C15H29FO3/c1-19-15(18)12-10-8-6-4-2-3-5-7-9-11-14(16)13-17/h14,17H,2-13H2,1H3. The number of hydrogen-bond acceptors (Lipinski definition) is 3. The molecule has 1 unspecified atom stereocenters. The molecule has 0 amide bonds. The second-order valence-corrected chi connectivity index (χ2v) is 5.08. The summed E-state index contributed by atoms with van der Waals surface area (Å²) in [6.45, 7) is -0.342. The van der Waals surface area contributed by atoms with E-state index in [1.807, 2.05) is 0 Å². The summed E-state index contributed by atoms with van der Waals surface area (Å²) in [5, 5.41) is 8.52. The van der Waals surface area contributed by atoms with Crippen LogP contribution in [0.5, 0.6) is 0 Å². The molecule has 0 radical (unpaired) electrons. The fraction of sp³-hybridized carbons (Fsp3) is 0.933. The van der Waals surface area contributed by atoms with Gasteiger partial charge in [-0.3, -0.25) is 4.79 Å². The Morgan fingerprint density at radius 2 is 1.47 bits per heavy atom. The van der Waals surface area contributed by atoms with Gasteiger partial charge in [-0.15, -0.1) is 0 Å². The van der Waals surface area contributed by atoms with Gasteiger partial charge in [0.1, 0.15) is 6.17 Å². The van der Waals surface area contributed by atoms with Crippen LogP contribution >= 0.6 is 0 Å². The quantitative estimate of drug-likeness (QED) is 0.411. The Morgan fingerprint density at radius 3 is 1.95 bits per heavy atom. The van der Waals surface area contributed by atoms with Crippen molar-refractivity contribution in [3.63, 3.8) is 0 Å². The predicted octanol–water partition coefficient (Wildman–Crippen LogP) is 3.78. The van der Waals surface area contributed by atoms with Crippen LogP contribution < -0.4 is 0 Å². The van der Waals surface area contributed by atoms with Gasteiger partial charge in [-0.25, -0.2) is 4.39 Å². The predicted molar refractivity (Wildman–Crippen MR) is 74.8 cm³/mol. The largest absolute Gasteiger partial charge is 0.469 e. The van der Waals surface area contributed by atoms with Crippen LogP contribution in [0.15, 0.2) is 0 Å². The van der Waals surface area contributed by atoms with Crippen molar-refractivity contribution < 1.29 is 19.0 Å². The maximum absolute atomic E-state index is 12.7. The number of hydrogen-bond donors (Lipinski definition) is 1. The maximum atomic E-state index is 12.7. The van der Waals surface area contributed by atoms with Crippen molar-refractivity contribution in [1.82, 2.24) is 0 Å². The molecular weight excluding hydrogens is 247 g/mol. The number of rotatable bonds is 13. The van der Waals surface area contributed by atoms with Crippen molar-refractivity contribution in [2.45, 2.75) is 76.8 Å². The van der Waals surface area contributed by atoms with Crippen molar-refractivity contribution in [3.05, 3.63) is 0 Å². The highest BCUT2D eigenvalue weighted by Gasteiger charge is 2.03. The molecular formula is C15H29FO3. The normalized spacial score (nSPS) is 12.4. The van der Waals surface area contributed by atoms with Gasteiger partial charge in [0.2, 0.25) is 0 Å². The van der Waals surface area contributed by atoms with Crippen LogP contribution in [0.1, 0.15) is 70.6 Å². The summed E-state index contributed by atoms with van der Waals surface area (Å²) >= 11 is 0. The minimum Gasteiger partial charge on any atom is -0.469 e. The number of esters is 1. The SMILES string of the molecule is COC(=O)CCCCCCCCCCCC(F)CO. The second kappa shape index (κ2) is 13.8. The number of alkyl halides is 1. The molecule has 0 aliphatic carbocycles. The van der Waals surface area contributed by atoms with Gasteiger partial charge in [-0.2, -0.15) is 0 Å². The number of unbranched alkanes of at least 4 members (excludes halogenated alkanes) is 8. The number of aliphatic hydroxyl groups excluding tert-OH is 1. The van der Waals surface area contributed by atoms with Gasteiger partial charge in [0.15, 0.2) is 0 Å². The second-order valence-electron chi connectivity index (χ2n) is 5.08. The number of methoxy groups -OCH3 is 1. The van der Waals surface area contributed by atoms with E-state index in [2.05, 4.69) is 4.74 Å². The molecule has 0 saturated heterocycles. The Morgan fingerprint density at radius 1 is 1.00 bits per heavy atom. The lowest BCUT2D eigenvalue weighted by molar-refractivity contribution is -0.140. The van der Waals surface area contributed by atoms with Gasteiger partial charge < -0.3 is 9.84 Å². The van der Waals surface area contributed by atoms with Crippen LogP contribution in [-0.2, 0) is 9.53 Å². The van der Waals surface area contributed by atoms with Gasteiger partial charge >= 0.3 is 5.97 Å². The van der Waals surface area contributed by atoms with Crippen molar-refractivity contribution in [1.29, 1.82) is 0 Å². The van der Waals surface area contributed by atoms with Crippen LogP contribution in [0.4, 0.5) is 4.39 Å². The molecule has 19 heavy (non-hydrogen) atoms. The Hall–Kier alpha value is -0.640. The molecule has 0 aliphatic heterocycles. The van der Waals surface area contributed by atoms with Gasteiger partial charge in [0.05, 0.1) is 13.7 Å². The molecule has 4 heteroatoms. The molecule has 114 valence electrons. The highest BCUT2D eigenvalue weighted by molar-refractivity contribution is 5.68. The number of halogens is 1.